The lowest BCUT2D eigenvalue weighted by Gasteiger charge is -1.97. The minimum atomic E-state index is 0.982. The maximum Gasteiger partial charge on any atom is 0.133 e. The normalized spacial score (nSPS) is 10.3. The van der Waals surface area contributed by atoms with Crippen LogP contribution in [0.1, 0.15) is 10.4 Å². The summed E-state index contributed by atoms with van der Waals surface area (Å²) in [5.74, 6) is 0.982. The SMILES string of the molecule is COc1cc(-c2ccc(C)cc2)sc1C. The molecule has 0 saturated heterocycles. The zero-order valence-corrected chi connectivity index (χ0v) is 10.0. The van der Waals surface area contributed by atoms with Gasteiger partial charge in [0, 0.05) is 9.75 Å². The van der Waals surface area contributed by atoms with E-state index in [0.29, 0.717) is 0 Å². The van der Waals surface area contributed by atoms with E-state index in [4.69, 9.17) is 4.74 Å². The quantitative estimate of drug-likeness (QED) is 0.739. The first-order chi connectivity index (χ1) is 7.20. The molecule has 1 nitrogen and oxygen atoms in total. The van der Waals surface area contributed by atoms with Crippen molar-refractivity contribution in [1.29, 1.82) is 0 Å². The van der Waals surface area contributed by atoms with Gasteiger partial charge >= 0.3 is 0 Å². The molecule has 0 fully saturated rings. The highest BCUT2D eigenvalue weighted by Crippen LogP contribution is 2.35. The monoisotopic (exact) mass is 218 g/mol. The van der Waals surface area contributed by atoms with Crippen molar-refractivity contribution in [2.75, 3.05) is 7.11 Å². The number of aryl methyl sites for hydroxylation is 2. The fraction of sp³-hybridized carbons (Fsp3) is 0.231. The molecule has 0 aliphatic heterocycles. The molecule has 0 aliphatic rings. The second kappa shape index (κ2) is 4.07. The van der Waals surface area contributed by atoms with Gasteiger partial charge in [0.1, 0.15) is 5.75 Å². The van der Waals surface area contributed by atoms with E-state index in [1.165, 1.54) is 20.9 Å². The van der Waals surface area contributed by atoms with E-state index in [0.717, 1.165) is 5.75 Å². The third kappa shape index (κ3) is 2.05. The Morgan fingerprint density at radius 3 is 2.27 bits per heavy atom. The van der Waals surface area contributed by atoms with Gasteiger partial charge in [-0.05, 0) is 25.5 Å². The molecule has 2 heteroatoms. The largest absolute Gasteiger partial charge is 0.496 e. The molecule has 1 aromatic heterocycles. The summed E-state index contributed by atoms with van der Waals surface area (Å²) in [6.07, 6.45) is 0. The lowest BCUT2D eigenvalue weighted by Crippen LogP contribution is -1.79. The molecule has 1 heterocycles. The third-order valence-electron chi connectivity index (χ3n) is 2.43. The molecule has 0 atom stereocenters. The van der Waals surface area contributed by atoms with Crippen LogP contribution >= 0.6 is 11.3 Å². The van der Waals surface area contributed by atoms with Crippen LogP contribution in [-0.4, -0.2) is 7.11 Å². The van der Waals surface area contributed by atoms with Crippen LogP contribution in [-0.2, 0) is 0 Å². The number of thiophene rings is 1. The predicted octanol–water partition coefficient (Wildman–Crippen LogP) is 4.04. The maximum atomic E-state index is 5.28. The number of hydrogen-bond acceptors (Lipinski definition) is 2. The van der Waals surface area contributed by atoms with Gasteiger partial charge in [-0.15, -0.1) is 11.3 Å². The van der Waals surface area contributed by atoms with Crippen LogP contribution in [0.5, 0.6) is 5.75 Å². The molecule has 2 rings (SSSR count). The molecule has 0 radical (unpaired) electrons. The van der Waals surface area contributed by atoms with Gasteiger partial charge in [0.15, 0.2) is 0 Å². The molecule has 0 N–H and O–H groups in total. The number of hydrogen-bond donors (Lipinski definition) is 0. The summed E-state index contributed by atoms with van der Waals surface area (Å²) in [5, 5.41) is 0. The van der Waals surface area contributed by atoms with E-state index >= 15 is 0 Å². The summed E-state index contributed by atoms with van der Waals surface area (Å²) < 4.78 is 5.28. The number of rotatable bonds is 2. The van der Waals surface area contributed by atoms with Crippen LogP contribution in [0.3, 0.4) is 0 Å². The van der Waals surface area contributed by atoms with Crippen LogP contribution in [0.25, 0.3) is 10.4 Å². The van der Waals surface area contributed by atoms with Crippen molar-refractivity contribution in [2.45, 2.75) is 13.8 Å². The lowest BCUT2D eigenvalue weighted by atomic mass is 10.1. The zero-order valence-electron chi connectivity index (χ0n) is 9.20. The maximum absolute atomic E-state index is 5.28. The molecule has 78 valence electrons. The fourth-order valence-electron chi connectivity index (χ4n) is 1.53. The van der Waals surface area contributed by atoms with Crippen LogP contribution < -0.4 is 4.74 Å². The summed E-state index contributed by atoms with van der Waals surface area (Å²) in [4.78, 5) is 2.50. The van der Waals surface area contributed by atoms with Crippen molar-refractivity contribution in [3.8, 4) is 16.2 Å². The molecular weight excluding hydrogens is 204 g/mol. The van der Waals surface area contributed by atoms with Gasteiger partial charge in [0.2, 0.25) is 0 Å². The predicted molar refractivity (Wildman–Crippen MR) is 65.8 cm³/mol. The molecule has 0 saturated carbocycles. The Bertz CT molecular complexity index is 454. The van der Waals surface area contributed by atoms with Gasteiger partial charge in [0.05, 0.1) is 7.11 Å². The second-order valence-corrected chi connectivity index (χ2v) is 4.86. The average molecular weight is 218 g/mol. The van der Waals surface area contributed by atoms with Crippen molar-refractivity contribution in [3.63, 3.8) is 0 Å². The standard InChI is InChI=1S/C13H14OS/c1-9-4-6-11(7-5-9)13-8-12(14-3)10(2)15-13/h4-8H,1-3H3. The molecule has 0 aliphatic carbocycles. The Kier molecular flexibility index (Phi) is 2.78. The summed E-state index contributed by atoms with van der Waals surface area (Å²) in [6, 6.07) is 10.7. The minimum absolute atomic E-state index is 0.982. The molecule has 2 aromatic rings. The van der Waals surface area contributed by atoms with Crippen molar-refractivity contribution < 1.29 is 4.74 Å². The smallest absolute Gasteiger partial charge is 0.133 e. The number of ether oxygens (including phenoxy) is 1. The van der Waals surface area contributed by atoms with E-state index in [1.807, 2.05) is 0 Å². The highest BCUT2D eigenvalue weighted by molar-refractivity contribution is 7.15. The van der Waals surface area contributed by atoms with Gasteiger partial charge in [-0.3, -0.25) is 0 Å². The molecule has 15 heavy (non-hydrogen) atoms. The molecular formula is C13H14OS. The Morgan fingerprint density at radius 1 is 1.07 bits per heavy atom. The molecule has 0 amide bonds. The van der Waals surface area contributed by atoms with Gasteiger partial charge in [-0.2, -0.15) is 0 Å². The summed E-state index contributed by atoms with van der Waals surface area (Å²) in [6.45, 7) is 4.19. The van der Waals surface area contributed by atoms with Crippen LogP contribution in [0, 0.1) is 13.8 Å². The van der Waals surface area contributed by atoms with Crippen molar-refractivity contribution in [1.82, 2.24) is 0 Å². The van der Waals surface area contributed by atoms with Crippen molar-refractivity contribution >= 4 is 11.3 Å². The molecule has 0 unspecified atom stereocenters. The Balaban J connectivity index is 2.41. The zero-order chi connectivity index (χ0) is 10.8. The minimum Gasteiger partial charge on any atom is -0.496 e. The highest BCUT2D eigenvalue weighted by atomic mass is 32.1. The first-order valence-corrected chi connectivity index (χ1v) is 5.74. The average Bonchev–Trinajstić information content (AvgIpc) is 2.61. The van der Waals surface area contributed by atoms with Gasteiger partial charge < -0.3 is 4.74 Å². The topological polar surface area (TPSA) is 9.23 Å². The van der Waals surface area contributed by atoms with Crippen LogP contribution in [0.2, 0.25) is 0 Å². The van der Waals surface area contributed by atoms with Crippen molar-refractivity contribution in [3.05, 3.63) is 40.8 Å². The number of benzene rings is 1. The van der Waals surface area contributed by atoms with Crippen molar-refractivity contribution in [2.24, 2.45) is 0 Å². The van der Waals surface area contributed by atoms with E-state index in [1.54, 1.807) is 18.4 Å². The molecule has 1 aromatic carbocycles. The second-order valence-electron chi connectivity index (χ2n) is 3.60. The van der Waals surface area contributed by atoms with Gasteiger partial charge in [0.25, 0.3) is 0 Å². The van der Waals surface area contributed by atoms with Crippen LogP contribution in [0.4, 0.5) is 0 Å². The summed E-state index contributed by atoms with van der Waals surface area (Å²) >= 11 is 1.77. The van der Waals surface area contributed by atoms with E-state index in [2.05, 4.69) is 44.2 Å². The first kappa shape index (κ1) is 10.2. The van der Waals surface area contributed by atoms with Gasteiger partial charge in [-0.25, -0.2) is 0 Å². The van der Waals surface area contributed by atoms with Crippen LogP contribution in [0.15, 0.2) is 30.3 Å². The first-order valence-electron chi connectivity index (χ1n) is 4.92. The molecule has 0 spiro atoms. The Hall–Kier alpha value is -1.28. The fourth-order valence-corrected chi connectivity index (χ4v) is 2.52. The Morgan fingerprint density at radius 2 is 1.73 bits per heavy atom. The lowest BCUT2D eigenvalue weighted by molar-refractivity contribution is 0.414. The molecule has 0 bridgehead atoms. The highest BCUT2D eigenvalue weighted by Gasteiger charge is 2.06. The van der Waals surface area contributed by atoms with E-state index in [9.17, 15) is 0 Å². The van der Waals surface area contributed by atoms with E-state index < -0.39 is 0 Å². The van der Waals surface area contributed by atoms with Gasteiger partial charge in [-0.1, -0.05) is 29.8 Å². The van der Waals surface area contributed by atoms with E-state index in [-0.39, 0.29) is 0 Å². The summed E-state index contributed by atoms with van der Waals surface area (Å²) in [7, 11) is 1.72. The summed E-state index contributed by atoms with van der Waals surface area (Å²) in [5.41, 5.74) is 2.55. The third-order valence-corrected chi connectivity index (χ3v) is 3.51. The number of methoxy groups -OCH3 is 1. The Labute approximate surface area is 94.3 Å².